The van der Waals surface area contributed by atoms with Crippen molar-refractivity contribution in [3.05, 3.63) is 64.7 Å². The number of aromatic carboxylic acids is 1. The summed E-state index contributed by atoms with van der Waals surface area (Å²) in [6.07, 6.45) is 0. The maximum Gasteiger partial charge on any atom is 0.125 e. The van der Waals surface area contributed by atoms with Gasteiger partial charge in [-0.05, 0) is 36.1 Å². The van der Waals surface area contributed by atoms with Crippen molar-refractivity contribution >= 4 is 5.97 Å². The summed E-state index contributed by atoms with van der Waals surface area (Å²) >= 11 is 0. The van der Waals surface area contributed by atoms with Gasteiger partial charge in [-0.15, -0.1) is 0 Å². The van der Waals surface area contributed by atoms with E-state index in [2.05, 4.69) is 0 Å². The number of para-hydroxylation sites is 1. The first-order valence-corrected chi connectivity index (χ1v) is 6.07. The van der Waals surface area contributed by atoms with Gasteiger partial charge in [0, 0.05) is 0 Å². The number of carbonyl (C=O) groups excluding carboxylic acids is 1. The molecule has 2 aromatic rings. The zero-order chi connectivity index (χ0) is 13.8. The van der Waals surface area contributed by atoms with Gasteiger partial charge in [-0.25, -0.2) is 0 Å². The Hall–Kier alpha value is -2.29. The Balaban J connectivity index is 2.08. The van der Waals surface area contributed by atoms with Crippen LogP contribution in [0.3, 0.4) is 0 Å². The Labute approximate surface area is 112 Å². The molecule has 0 saturated carbocycles. The molecule has 0 heterocycles. The van der Waals surface area contributed by atoms with Gasteiger partial charge in [0.05, 0.1) is 5.97 Å². The molecule has 3 nitrogen and oxygen atoms in total. The first kappa shape index (κ1) is 13.1. The molecule has 0 fully saturated rings. The first-order valence-electron chi connectivity index (χ1n) is 6.07. The zero-order valence-electron chi connectivity index (χ0n) is 11.0. The molecule has 0 aliphatic carbocycles. The molecular formula is C16H15O3-. The third kappa shape index (κ3) is 3.13. The molecule has 2 rings (SSSR count). The molecule has 98 valence electrons. The van der Waals surface area contributed by atoms with Gasteiger partial charge in [-0.1, -0.05) is 42.5 Å². The van der Waals surface area contributed by atoms with Crippen LogP contribution >= 0.6 is 0 Å². The molecule has 0 spiro atoms. The normalized spacial score (nSPS) is 10.2. The fraction of sp³-hybridized carbons (Fsp3) is 0.188. The molecular weight excluding hydrogens is 240 g/mol. The molecule has 0 bridgehead atoms. The lowest BCUT2D eigenvalue weighted by Gasteiger charge is -2.12. The third-order valence-corrected chi connectivity index (χ3v) is 2.98. The van der Waals surface area contributed by atoms with Crippen molar-refractivity contribution in [3.63, 3.8) is 0 Å². The number of hydrogen-bond acceptors (Lipinski definition) is 3. The second kappa shape index (κ2) is 5.57. The Bertz CT molecular complexity index is 565. The number of rotatable bonds is 4. The highest BCUT2D eigenvalue weighted by atomic mass is 16.5. The Morgan fingerprint density at radius 2 is 1.63 bits per heavy atom. The van der Waals surface area contributed by atoms with Crippen molar-refractivity contribution in [3.8, 4) is 5.75 Å². The topological polar surface area (TPSA) is 49.4 Å². The quantitative estimate of drug-likeness (QED) is 0.842. The van der Waals surface area contributed by atoms with Gasteiger partial charge in [-0.3, -0.25) is 0 Å². The summed E-state index contributed by atoms with van der Waals surface area (Å²) in [7, 11) is 0. The standard InChI is InChI=1S/C16H16O3/c1-11-4-3-5-12(2)15(11)19-10-13-6-8-14(9-7-13)16(17)18/h3-9H,10H2,1-2H3,(H,17,18)/p-1. The molecule has 0 saturated heterocycles. The highest BCUT2D eigenvalue weighted by molar-refractivity contribution is 5.85. The van der Waals surface area contributed by atoms with E-state index in [0.29, 0.717) is 6.61 Å². The van der Waals surface area contributed by atoms with E-state index in [1.54, 1.807) is 12.1 Å². The summed E-state index contributed by atoms with van der Waals surface area (Å²) < 4.78 is 5.79. The minimum atomic E-state index is -1.16. The molecule has 0 aliphatic heterocycles. The number of hydrogen-bond donors (Lipinski definition) is 0. The van der Waals surface area contributed by atoms with Gasteiger partial charge in [0.1, 0.15) is 12.4 Å². The molecule has 3 heteroatoms. The van der Waals surface area contributed by atoms with Crippen LogP contribution in [0.5, 0.6) is 5.75 Å². The largest absolute Gasteiger partial charge is 0.545 e. The van der Waals surface area contributed by atoms with Crippen LogP contribution in [0.15, 0.2) is 42.5 Å². The summed E-state index contributed by atoms with van der Waals surface area (Å²) in [6.45, 7) is 4.42. The second-order valence-corrected chi connectivity index (χ2v) is 4.49. The molecule has 0 aromatic heterocycles. The van der Waals surface area contributed by atoms with E-state index in [1.165, 1.54) is 12.1 Å². The maximum atomic E-state index is 10.6. The molecule has 2 aromatic carbocycles. The summed E-state index contributed by atoms with van der Waals surface area (Å²) in [5.41, 5.74) is 3.28. The number of ether oxygens (including phenoxy) is 1. The van der Waals surface area contributed by atoms with Crippen LogP contribution < -0.4 is 9.84 Å². The van der Waals surface area contributed by atoms with E-state index in [-0.39, 0.29) is 5.56 Å². The fourth-order valence-corrected chi connectivity index (χ4v) is 1.92. The predicted octanol–water partition coefficient (Wildman–Crippen LogP) is 2.25. The lowest BCUT2D eigenvalue weighted by Crippen LogP contribution is -2.22. The highest BCUT2D eigenvalue weighted by Gasteiger charge is 2.03. The van der Waals surface area contributed by atoms with E-state index in [9.17, 15) is 9.90 Å². The third-order valence-electron chi connectivity index (χ3n) is 2.98. The Morgan fingerprint density at radius 1 is 1.05 bits per heavy atom. The lowest BCUT2D eigenvalue weighted by molar-refractivity contribution is -0.255. The highest BCUT2D eigenvalue weighted by Crippen LogP contribution is 2.23. The zero-order valence-corrected chi connectivity index (χ0v) is 11.0. The van der Waals surface area contributed by atoms with E-state index in [1.807, 2.05) is 32.0 Å². The van der Waals surface area contributed by atoms with Crippen molar-refractivity contribution in [2.75, 3.05) is 0 Å². The van der Waals surface area contributed by atoms with Crippen molar-refractivity contribution in [2.24, 2.45) is 0 Å². The van der Waals surface area contributed by atoms with Crippen LogP contribution in [0.25, 0.3) is 0 Å². The summed E-state index contributed by atoms with van der Waals surface area (Å²) in [6, 6.07) is 12.5. The van der Waals surface area contributed by atoms with Gasteiger partial charge in [0.2, 0.25) is 0 Å². The average molecular weight is 255 g/mol. The molecule has 0 radical (unpaired) electrons. The fourth-order valence-electron chi connectivity index (χ4n) is 1.92. The number of carboxylic acid groups (broad SMARTS) is 1. The van der Waals surface area contributed by atoms with Crippen LogP contribution in [-0.4, -0.2) is 5.97 Å². The summed E-state index contributed by atoms with van der Waals surface area (Å²) in [4.78, 5) is 10.6. The van der Waals surface area contributed by atoms with Crippen molar-refractivity contribution in [1.29, 1.82) is 0 Å². The molecule has 0 aliphatic rings. The van der Waals surface area contributed by atoms with Crippen LogP contribution in [-0.2, 0) is 6.61 Å². The average Bonchev–Trinajstić information content (AvgIpc) is 2.38. The number of aryl methyl sites for hydroxylation is 2. The SMILES string of the molecule is Cc1cccc(C)c1OCc1ccc(C(=O)[O-])cc1. The van der Waals surface area contributed by atoms with Gasteiger partial charge >= 0.3 is 0 Å². The van der Waals surface area contributed by atoms with Crippen molar-refractivity contribution in [1.82, 2.24) is 0 Å². The van der Waals surface area contributed by atoms with Crippen molar-refractivity contribution in [2.45, 2.75) is 20.5 Å². The lowest BCUT2D eigenvalue weighted by atomic mass is 10.1. The van der Waals surface area contributed by atoms with Crippen LogP contribution in [0.2, 0.25) is 0 Å². The minimum Gasteiger partial charge on any atom is -0.545 e. The maximum absolute atomic E-state index is 10.6. The Morgan fingerprint density at radius 3 is 2.16 bits per heavy atom. The first-order chi connectivity index (χ1) is 9.08. The number of carbonyl (C=O) groups is 1. The Kier molecular flexibility index (Phi) is 3.85. The van der Waals surface area contributed by atoms with Crippen LogP contribution in [0, 0.1) is 13.8 Å². The molecule has 0 N–H and O–H groups in total. The van der Waals surface area contributed by atoms with Crippen molar-refractivity contribution < 1.29 is 14.6 Å². The molecule has 0 unspecified atom stereocenters. The van der Waals surface area contributed by atoms with E-state index in [4.69, 9.17) is 4.74 Å². The smallest absolute Gasteiger partial charge is 0.125 e. The number of carboxylic acids is 1. The molecule has 0 amide bonds. The van der Waals surface area contributed by atoms with Crippen LogP contribution in [0.1, 0.15) is 27.0 Å². The van der Waals surface area contributed by atoms with Gasteiger partial charge in [0.15, 0.2) is 0 Å². The minimum absolute atomic E-state index is 0.177. The molecule has 0 atom stereocenters. The summed E-state index contributed by atoms with van der Waals surface area (Å²) in [5.74, 6) is -0.284. The number of benzene rings is 2. The van der Waals surface area contributed by atoms with Gasteiger partial charge < -0.3 is 14.6 Å². The van der Waals surface area contributed by atoms with E-state index in [0.717, 1.165) is 22.4 Å². The van der Waals surface area contributed by atoms with E-state index < -0.39 is 5.97 Å². The summed E-state index contributed by atoms with van der Waals surface area (Å²) in [5, 5.41) is 10.6. The second-order valence-electron chi connectivity index (χ2n) is 4.49. The van der Waals surface area contributed by atoms with E-state index >= 15 is 0 Å². The van der Waals surface area contributed by atoms with Gasteiger partial charge in [0.25, 0.3) is 0 Å². The molecule has 19 heavy (non-hydrogen) atoms. The monoisotopic (exact) mass is 255 g/mol. The van der Waals surface area contributed by atoms with Crippen LogP contribution in [0.4, 0.5) is 0 Å². The van der Waals surface area contributed by atoms with Gasteiger partial charge in [-0.2, -0.15) is 0 Å². The predicted molar refractivity (Wildman–Crippen MR) is 71.0 cm³/mol.